The lowest BCUT2D eigenvalue weighted by Gasteiger charge is -2.18. The van der Waals surface area contributed by atoms with Crippen LogP contribution in [0.5, 0.6) is 0 Å². The van der Waals surface area contributed by atoms with Crippen molar-refractivity contribution < 1.29 is 30.9 Å². The molecule has 0 amide bonds. The van der Waals surface area contributed by atoms with Gasteiger partial charge in [-0.25, -0.2) is 0 Å². The Morgan fingerprint density at radius 2 is 1.73 bits per heavy atom. The smallest absolute Gasteiger partial charge is 0.419 e. The third-order valence-corrected chi connectivity index (χ3v) is 3.33. The standard InChI is InChI=1S/C10H6F6N4OS/c1-22(21)8-17-18-19-20(8)6-4-2-3-5(9(11,12)13)7(6)10(14,15)16/h2-4H,1H3. The largest absolute Gasteiger partial charge is 0.609 e. The lowest BCUT2D eigenvalue weighted by Crippen LogP contribution is -2.21. The molecule has 2 aromatic rings. The van der Waals surface area contributed by atoms with E-state index in [-0.39, 0.29) is 0 Å². The first-order chi connectivity index (χ1) is 10.0. The maximum atomic E-state index is 13.1. The predicted molar refractivity (Wildman–Crippen MR) is 61.5 cm³/mol. The van der Waals surface area contributed by atoms with Crippen LogP contribution in [0.1, 0.15) is 11.1 Å². The van der Waals surface area contributed by atoms with Crippen LogP contribution in [0.3, 0.4) is 0 Å². The number of benzene rings is 1. The van der Waals surface area contributed by atoms with Crippen molar-refractivity contribution in [2.75, 3.05) is 6.26 Å². The zero-order valence-corrected chi connectivity index (χ0v) is 11.4. The molecule has 1 aromatic carbocycles. The topological polar surface area (TPSA) is 66.7 Å². The Balaban J connectivity index is 2.80. The number of tetrazole rings is 1. The molecule has 0 radical (unpaired) electrons. The highest BCUT2D eigenvalue weighted by Crippen LogP contribution is 2.43. The minimum Gasteiger partial charge on any atom is -0.609 e. The summed E-state index contributed by atoms with van der Waals surface area (Å²) in [4.78, 5) is 0. The molecule has 0 saturated heterocycles. The van der Waals surface area contributed by atoms with E-state index >= 15 is 0 Å². The van der Waals surface area contributed by atoms with E-state index in [4.69, 9.17) is 0 Å². The summed E-state index contributed by atoms with van der Waals surface area (Å²) in [6.45, 7) is 0. The van der Waals surface area contributed by atoms with Crippen molar-refractivity contribution in [3.63, 3.8) is 0 Å². The van der Waals surface area contributed by atoms with Gasteiger partial charge in [0, 0.05) is 11.2 Å². The lowest BCUT2D eigenvalue weighted by molar-refractivity contribution is -0.162. The predicted octanol–water partition coefficient (Wildman–Crippen LogP) is 2.44. The van der Waals surface area contributed by atoms with Crippen LogP contribution >= 0.6 is 0 Å². The van der Waals surface area contributed by atoms with Gasteiger partial charge in [0.2, 0.25) is 0 Å². The highest BCUT2D eigenvalue weighted by atomic mass is 32.2. The number of alkyl halides is 6. The van der Waals surface area contributed by atoms with Gasteiger partial charge in [-0.2, -0.15) is 31.0 Å². The fourth-order valence-corrected chi connectivity index (χ4v) is 2.29. The van der Waals surface area contributed by atoms with Crippen LogP contribution in [-0.2, 0) is 23.5 Å². The van der Waals surface area contributed by atoms with Crippen LogP contribution in [0.15, 0.2) is 23.4 Å². The Morgan fingerprint density at radius 1 is 1.09 bits per heavy atom. The van der Waals surface area contributed by atoms with Gasteiger partial charge in [-0.05, 0) is 22.6 Å². The van der Waals surface area contributed by atoms with Crippen molar-refractivity contribution in [1.29, 1.82) is 0 Å². The Morgan fingerprint density at radius 3 is 2.23 bits per heavy atom. The van der Waals surface area contributed by atoms with Gasteiger partial charge in [0.05, 0.1) is 16.8 Å². The third-order valence-electron chi connectivity index (χ3n) is 2.56. The molecule has 120 valence electrons. The zero-order valence-electron chi connectivity index (χ0n) is 10.6. The number of rotatable bonds is 2. The summed E-state index contributed by atoms with van der Waals surface area (Å²) in [6.07, 6.45) is -9.44. The van der Waals surface area contributed by atoms with Crippen LogP contribution < -0.4 is 0 Å². The third kappa shape index (κ3) is 3.02. The second-order valence-corrected chi connectivity index (χ2v) is 5.30. The summed E-state index contributed by atoms with van der Waals surface area (Å²) >= 11 is -1.89. The summed E-state index contributed by atoms with van der Waals surface area (Å²) in [7, 11) is 0. The Labute approximate surface area is 122 Å². The number of halogens is 6. The van der Waals surface area contributed by atoms with Gasteiger partial charge in [-0.1, -0.05) is 11.2 Å². The first-order valence-corrected chi connectivity index (χ1v) is 6.99. The van der Waals surface area contributed by atoms with Crippen LogP contribution in [0, 0.1) is 0 Å². The first kappa shape index (κ1) is 16.5. The molecule has 1 unspecified atom stereocenters. The van der Waals surface area contributed by atoms with Crippen molar-refractivity contribution in [2.45, 2.75) is 17.5 Å². The minimum atomic E-state index is -5.31. The van der Waals surface area contributed by atoms with Crippen LogP contribution in [0.4, 0.5) is 26.3 Å². The molecule has 0 fully saturated rings. The van der Waals surface area contributed by atoms with E-state index in [9.17, 15) is 30.9 Å². The molecule has 1 heterocycles. The van der Waals surface area contributed by atoms with Crippen LogP contribution in [0.2, 0.25) is 0 Å². The normalized spacial score (nSPS) is 14.2. The van der Waals surface area contributed by atoms with Gasteiger partial charge in [-0.15, -0.1) is 0 Å². The van der Waals surface area contributed by atoms with Crippen molar-refractivity contribution >= 4 is 11.2 Å². The highest BCUT2D eigenvalue weighted by molar-refractivity contribution is 7.90. The van der Waals surface area contributed by atoms with Crippen molar-refractivity contribution in [1.82, 2.24) is 20.2 Å². The second kappa shape index (κ2) is 5.43. The van der Waals surface area contributed by atoms with E-state index in [0.717, 1.165) is 18.4 Å². The molecule has 0 aliphatic heterocycles. The van der Waals surface area contributed by atoms with E-state index in [0.29, 0.717) is 10.7 Å². The maximum absolute atomic E-state index is 13.1. The summed E-state index contributed by atoms with van der Waals surface area (Å²) in [5, 5.41) is 9.02. The van der Waals surface area contributed by atoms with Gasteiger partial charge in [0.1, 0.15) is 6.26 Å². The molecule has 0 aliphatic rings. The Bertz CT molecular complexity index is 681. The number of hydrogen-bond donors (Lipinski definition) is 0. The Hall–Kier alpha value is -1.82. The summed E-state index contributed by atoms with van der Waals surface area (Å²) < 4.78 is 89.6. The fraction of sp³-hybridized carbons (Fsp3) is 0.300. The summed E-state index contributed by atoms with van der Waals surface area (Å²) in [6, 6.07) is 1.86. The van der Waals surface area contributed by atoms with Gasteiger partial charge < -0.3 is 4.55 Å². The molecule has 0 spiro atoms. The van der Waals surface area contributed by atoms with Gasteiger partial charge in [0.25, 0.3) is 0 Å². The molecule has 12 heteroatoms. The molecular weight excluding hydrogens is 338 g/mol. The second-order valence-electron chi connectivity index (χ2n) is 4.02. The van der Waals surface area contributed by atoms with E-state index in [1.165, 1.54) is 0 Å². The molecule has 1 aromatic heterocycles. The highest BCUT2D eigenvalue weighted by Gasteiger charge is 2.46. The Kier molecular flexibility index (Phi) is 4.08. The minimum absolute atomic E-state index is 0.305. The average molecular weight is 344 g/mol. The molecule has 2 rings (SSSR count). The molecule has 1 atom stereocenters. The maximum Gasteiger partial charge on any atom is 0.419 e. The summed E-state index contributed by atoms with van der Waals surface area (Å²) in [5.41, 5.74) is -4.76. The molecule has 0 aliphatic carbocycles. The van der Waals surface area contributed by atoms with Gasteiger partial charge in [-0.3, -0.25) is 0 Å². The molecule has 0 bridgehead atoms. The lowest BCUT2D eigenvalue weighted by atomic mass is 10.0. The quantitative estimate of drug-likeness (QED) is 0.620. The van der Waals surface area contributed by atoms with E-state index in [1.807, 2.05) is 0 Å². The first-order valence-electron chi connectivity index (χ1n) is 5.43. The number of nitrogens with zero attached hydrogens (tertiary/aromatic N) is 4. The van der Waals surface area contributed by atoms with Crippen LogP contribution in [0.25, 0.3) is 5.69 Å². The summed E-state index contributed by atoms with van der Waals surface area (Å²) in [5.74, 6) is 0. The molecule has 0 saturated carbocycles. The van der Waals surface area contributed by atoms with Crippen LogP contribution in [-0.4, -0.2) is 31.0 Å². The number of aromatic nitrogens is 4. The van der Waals surface area contributed by atoms with E-state index < -0.39 is 45.5 Å². The molecule has 0 N–H and O–H groups in total. The monoisotopic (exact) mass is 344 g/mol. The van der Waals surface area contributed by atoms with Crippen molar-refractivity contribution in [3.05, 3.63) is 29.3 Å². The van der Waals surface area contributed by atoms with Crippen molar-refractivity contribution in [2.24, 2.45) is 0 Å². The van der Waals surface area contributed by atoms with E-state index in [2.05, 4.69) is 15.5 Å². The van der Waals surface area contributed by atoms with E-state index in [1.54, 1.807) is 0 Å². The molecular formula is C10H6F6N4OS. The molecule has 5 nitrogen and oxygen atoms in total. The fourth-order valence-electron chi connectivity index (χ4n) is 1.76. The van der Waals surface area contributed by atoms with Gasteiger partial charge >= 0.3 is 17.5 Å². The molecule has 22 heavy (non-hydrogen) atoms. The van der Waals surface area contributed by atoms with Crippen molar-refractivity contribution in [3.8, 4) is 5.69 Å². The average Bonchev–Trinajstić information content (AvgIpc) is 2.84. The zero-order chi connectivity index (χ0) is 16.7. The van der Waals surface area contributed by atoms with Gasteiger partial charge in [0.15, 0.2) is 0 Å². The number of hydrogen-bond acceptors (Lipinski definition) is 4. The SMILES string of the molecule is C[S+]([O-])c1nnnn1-c1cccc(C(F)(F)F)c1C(F)(F)F.